The summed E-state index contributed by atoms with van der Waals surface area (Å²) in [4.78, 5) is 4.58. The quantitative estimate of drug-likeness (QED) is 0.0246. The van der Waals surface area contributed by atoms with Gasteiger partial charge in [0, 0.05) is 75.6 Å². The van der Waals surface area contributed by atoms with E-state index >= 15 is 8.42 Å². The first kappa shape index (κ1) is 47.9. The largest absolute Gasteiger partial charge is 0.472 e. The van der Waals surface area contributed by atoms with Gasteiger partial charge < -0.3 is 9.80 Å². The molecule has 0 saturated heterocycles. The molecule has 344 valence electrons. The van der Waals surface area contributed by atoms with Crippen LogP contribution in [0.2, 0.25) is 0 Å². The Kier molecular flexibility index (Phi) is 14.9. The number of allylic oxidation sites excluding steroid dienone is 8. The monoisotopic (exact) mass is 939 g/mol. The van der Waals surface area contributed by atoms with Crippen LogP contribution >= 0.6 is 12.0 Å². The minimum Gasteiger partial charge on any atom is -0.344 e. The zero-order valence-corrected chi connectivity index (χ0v) is 40.1. The van der Waals surface area contributed by atoms with Gasteiger partial charge in [-0.2, -0.15) is 12.7 Å². The van der Waals surface area contributed by atoms with Crippen molar-refractivity contribution in [2.75, 3.05) is 45.7 Å². The summed E-state index contributed by atoms with van der Waals surface area (Å²) in [6.45, 7) is 10.1. The molecule has 15 heteroatoms. The molecule has 0 atom stereocenters. The number of unbranched alkanes of at least 4 members (excludes halogenated alkanes) is 2. The van der Waals surface area contributed by atoms with Crippen LogP contribution < -0.4 is 14.1 Å². The van der Waals surface area contributed by atoms with E-state index in [1.165, 1.54) is 13.8 Å². The van der Waals surface area contributed by atoms with E-state index in [4.69, 9.17) is 5.26 Å². The number of hydrogen-bond donors (Lipinski definition) is 2. The van der Waals surface area contributed by atoms with Gasteiger partial charge in [0.15, 0.2) is 7.05 Å². The molecule has 0 bridgehead atoms. The van der Waals surface area contributed by atoms with E-state index in [1.54, 1.807) is 31.3 Å². The molecule has 1 aliphatic carbocycles. The van der Waals surface area contributed by atoms with Crippen molar-refractivity contribution in [2.24, 2.45) is 0 Å². The highest BCUT2D eigenvalue weighted by molar-refractivity contribution is 7.94. The Bertz CT molecular complexity index is 2690. The Hall–Kier alpha value is -5.00. The minimum atomic E-state index is -4.25. The summed E-state index contributed by atoms with van der Waals surface area (Å²) in [6.07, 6.45) is 12.1. The van der Waals surface area contributed by atoms with Gasteiger partial charge in [0.1, 0.15) is 0 Å². The average molecular weight is 940 g/mol. The van der Waals surface area contributed by atoms with Crippen molar-refractivity contribution < 1.29 is 40.0 Å². The summed E-state index contributed by atoms with van der Waals surface area (Å²) in [7, 11) is -6.70. The highest BCUT2D eigenvalue weighted by Crippen LogP contribution is 2.49. The van der Waals surface area contributed by atoms with Crippen LogP contribution in [-0.2, 0) is 40.5 Å². The van der Waals surface area contributed by atoms with Gasteiger partial charge in [0.05, 0.1) is 17.1 Å². The maximum atomic E-state index is 15.3. The molecule has 0 spiro atoms. The zero-order chi connectivity index (χ0) is 46.4. The highest BCUT2D eigenvalue weighted by Gasteiger charge is 2.43. The van der Waals surface area contributed by atoms with E-state index in [0.29, 0.717) is 55.1 Å². The van der Waals surface area contributed by atoms with E-state index < -0.39 is 25.7 Å². The van der Waals surface area contributed by atoms with Gasteiger partial charge >= 0.3 is 10.2 Å². The fraction of sp³-hybridized carbons (Fsp3) is 0.340. The summed E-state index contributed by atoms with van der Waals surface area (Å²) in [6, 6.07) is 34.9. The van der Waals surface area contributed by atoms with Crippen LogP contribution in [0.1, 0.15) is 77.3 Å². The van der Waals surface area contributed by atoms with E-state index in [-0.39, 0.29) is 11.2 Å². The molecule has 1 saturated carbocycles. The molecule has 0 radical (unpaired) electrons. The summed E-state index contributed by atoms with van der Waals surface area (Å²) in [5.41, 5.74) is 9.23. The van der Waals surface area contributed by atoms with Crippen molar-refractivity contribution >= 4 is 60.8 Å². The van der Waals surface area contributed by atoms with Crippen molar-refractivity contribution in [3.05, 3.63) is 167 Å². The molecule has 2 aliphatic heterocycles. The normalized spacial score (nSPS) is 20.0. The Labute approximate surface area is 388 Å². The summed E-state index contributed by atoms with van der Waals surface area (Å²) >= 11 is 1.05. The molecule has 0 amide bonds. The molecule has 0 unspecified atom stereocenters. The number of para-hydroxylation sites is 4. The topological polar surface area (TPSA) is 140 Å². The highest BCUT2D eigenvalue weighted by atomic mass is 32.2. The smallest absolute Gasteiger partial charge is 0.344 e. The molecule has 2 N–H and O–H groups in total. The third-order valence-electron chi connectivity index (χ3n) is 12.6. The Balaban J connectivity index is 1.35. The first-order chi connectivity index (χ1) is 31.1. The molecule has 7 rings (SSSR count). The number of rotatable bonds is 18. The van der Waals surface area contributed by atoms with Crippen molar-refractivity contribution in [3.8, 4) is 0 Å². The maximum absolute atomic E-state index is 15.3. The van der Waals surface area contributed by atoms with Crippen LogP contribution in [0.3, 0.4) is 0 Å². The lowest BCUT2D eigenvalue weighted by atomic mass is 9.83. The van der Waals surface area contributed by atoms with E-state index in [9.17, 15) is 13.0 Å². The number of benzene rings is 4. The van der Waals surface area contributed by atoms with Crippen LogP contribution in [0.5, 0.6) is 0 Å². The van der Waals surface area contributed by atoms with Crippen LogP contribution in [0.4, 0.5) is 22.7 Å². The van der Waals surface area contributed by atoms with Crippen LogP contribution in [0.25, 0.3) is 0 Å². The van der Waals surface area contributed by atoms with Gasteiger partial charge in [-0.3, -0.25) is 4.55 Å². The fourth-order valence-corrected chi connectivity index (χ4v) is 11.9. The van der Waals surface area contributed by atoms with Gasteiger partial charge in [0.2, 0.25) is 5.71 Å². The van der Waals surface area contributed by atoms with E-state index in [0.717, 1.165) is 70.9 Å². The third-order valence-corrected chi connectivity index (χ3v) is 15.8. The minimum absolute atomic E-state index is 0.306. The molecule has 65 heavy (non-hydrogen) atoms. The van der Waals surface area contributed by atoms with Crippen molar-refractivity contribution in [2.45, 2.75) is 77.0 Å². The van der Waals surface area contributed by atoms with E-state index in [1.807, 2.05) is 48.5 Å². The summed E-state index contributed by atoms with van der Waals surface area (Å²) in [5.74, 6) is 0.338. The van der Waals surface area contributed by atoms with Crippen LogP contribution in [0.15, 0.2) is 156 Å². The lowest BCUT2D eigenvalue weighted by Gasteiger charge is -2.27. The second-order valence-electron chi connectivity index (χ2n) is 17.5. The SMILES string of the molecule is C\[N+](=C1C(=C/C=C2/N(CCCCSOOO)c3ccccc3C2(C)C)CCC/1=C\C=C1\N(CCCCS(=O)(=O)O)c2ccccc2C1(C)C)S(=O)(=O)N(c1ccccc1)c1ccccc1. The molecule has 12 nitrogen and oxygen atoms in total. The number of hydrogen-bond acceptors (Lipinski definition) is 10. The number of anilines is 4. The summed E-state index contributed by atoms with van der Waals surface area (Å²) < 4.78 is 70.6. The first-order valence-corrected chi connectivity index (χ1v) is 25.9. The van der Waals surface area contributed by atoms with E-state index in [2.05, 4.69) is 108 Å². The standard InChI is InChI=1S/C50H58N4O8S3/c1-49(2)42-24-12-14-26-44(42)52(34-16-18-36-63-62-61-55)46(49)32-30-38-28-29-39(48(38)51(5)65(59,60)54(40-20-8-6-9-21-40)41-22-10-7-11-23-41)31-33-47-50(3,4)43-25-13-15-27-45(43)53(47)35-17-19-37-64(56,57)58/h6-15,20-27,30-33H,16-19,28-29,34-37H2,1-5H3,(H-,55,56,57,58)/p+1. The molecule has 0 aromatic heterocycles. The van der Waals surface area contributed by atoms with Crippen molar-refractivity contribution in [1.29, 1.82) is 0 Å². The average Bonchev–Trinajstić information content (AvgIpc) is 3.86. The fourth-order valence-electron chi connectivity index (χ4n) is 9.39. The Morgan fingerprint density at radius 2 is 1.11 bits per heavy atom. The Morgan fingerprint density at radius 3 is 1.57 bits per heavy atom. The number of nitrogens with zero attached hydrogens (tertiary/aromatic N) is 4. The van der Waals surface area contributed by atoms with Gasteiger partial charge in [-0.05, 0) is 98.2 Å². The van der Waals surface area contributed by atoms with Crippen LogP contribution in [-0.4, -0.2) is 68.0 Å². The molecule has 4 aromatic rings. The molecule has 4 aromatic carbocycles. The lowest BCUT2D eigenvalue weighted by molar-refractivity contribution is -0.432. The predicted octanol–water partition coefficient (Wildman–Crippen LogP) is 10.7. The molecule has 1 fully saturated rings. The second kappa shape index (κ2) is 20.3. The predicted molar refractivity (Wildman–Crippen MR) is 262 cm³/mol. The molecular weight excluding hydrogens is 881 g/mol. The van der Waals surface area contributed by atoms with Gasteiger partial charge in [-0.15, -0.1) is 12.8 Å². The third kappa shape index (κ3) is 10.4. The Morgan fingerprint density at radius 1 is 0.662 bits per heavy atom. The molecule has 2 heterocycles. The van der Waals surface area contributed by atoms with Crippen molar-refractivity contribution in [1.82, 2.24) is 0 Å². The van der Waals surface area contributed by atoms with Gasteiger partial charge in [-0.25, -0.2) is 5.26 Å². The number of fused-ring (bicyclic) bond motifs is 2. The van der Waals surface area contributed by atoms with Crippen molar-refractivity contribution in [3.63, 3.8) is 0 Å². The second-order valence-corrected chi connectivity index (χ2v) is 21.7. The molecular formula is C50H59N4O8S3+. The van der Waals surface area contributed by atoms with Crippen LogP contribution in [0, 0.1) is 0 Å². The zero-order valence-electron chi connectivity index (χ0n) is 37.6. The van der Waals surface area contributed by atoms with Gasteiger partial charge in [-0.1, -0.05) is 122 Å². The first-order valence-electron chi connectivity index (χ1n) is 22.0. The lowest BCUT2D eigenvalue weighted by Crippen LogP contribution is -2.37. The summed E-state index contributed by atoms with van der Waals surface area (Å²) in [5, 5.41) is 12.3. The van der Waals surface area contributed by atoms with Gasteiger partial charge in [0.25, 0.3) is 10.1 Å². The maximum Gasteiger partial charge on any atom is 0.472 e. The molecule has 3 aliphatic rings.